The maximum absolute atomic E-state index is 11.2. The zero-order chi connectivity index (χ0) is 28.8. The van der Waals surface area contributed by atoms with Crippen molar-refractivity contribution in [3.63, 3.8) is 0 Å². The maximum atomic E-state index is 11.2. The Labute approximate surface area is 244 Å². The monoisotopic (exact) mass is 538 g/mol. The van der Waals surface area contributed by atoms with E-state index in [2.05, 4.69) is 29.2 Å². The number of carboxylic acid groups (broad SMARTS) is 1. The second kappa shape index (κ2) is 36.4. The molecule has 0 radical (unpaired) electrons. The number of aliphatic hydroxyl groups excluding tert-OH is 3. The van der Waals surface area contributed by atoms with E-state index in [4.69, 9.17) is 15.3 Å². The first kappa shape index (κ1) is 45.2. The number of rotatable bonds is 11. The molecule has 1 aromatic carbocycles. The van der Waals surface area contributed by atoms with Crippen molar-refractivity contribution in [2.24, 2.45) is 0 Å². The fourth-order valence-corrected chi connectivity index (χ4v) is 2.01. The van der Waals surface area contributed by atoms with Crippen molar-refractivity contribution in [2.45, 2.75) is 73.0 Å². The van der Waals surface area contributed by atoms with Gasteiger partial charge in [-0.1, -0.05) is 64.4 Å². The molecule has 0 bridgehead atoms. The normalized spacial score (nSPS) is 10.5. The number of aliphatic carboxylic acids is 1. The van der Waals surface area contributed by atoms with Crippen LogP contribution in [-0.4, -0.2) is 72.3 Å². The van der Waals surface area contributed by atoms with Crippen LogP contribution in [0.1, 0.15) is 66.4 Å². The molecule has 0 aromatic heterocycles. The van der Waals surface area contributed by atoms with E-state index in [0.717, 1.165) is 12.7 Å². The summed E-state index contributed by atoms with van der Waals surface area (Å²) in [4.78, 5) is 32.0. The SMILES string of the molecule is CC.CC(=O)NC(CCC(=O)[O-])COCO.CC(O)CNC(=O)/C=C/c1ccccc1.CCC.CO.[Na+]. The summed E-state index contributed by atoms with van der Waals surface area (Å²) >= 11 is 0. The maximum Gasteiger partial charge on any atom is 1.00 e. The fraction of sp³-hybridized carbons (Fsp3) is 0.577. The van der Waals surface area contributed by atoms with E-state index in [1.165, 1.54) is 19.4 Å². The van der Waals surface area contributed by atoms with Gasteiger partial charge in [-0.25, -0.2) is 0 Å². The molecular weight excluding hydrogens is 491 g/mol. The Morgan fingerprint density at radius 1 is 1.11 bits per heavy atom. The van der Waals surface area contributed by atoms with Gasteiger partial charge in [-0.3, -0.25) is 9.59 Å². The fourth-order valence-electron chi connectivity index (χ4n) is 2.01. The molecule has 10 nitrogen and oxygen atoms in total. The van der Waals surface area contributed by atoms with Crippen molar-refractivity contribution in [1.29, 1.82) is 0 Å². The molecule has 0 saturated carbocycles. The van der Waals surface area contributed by atoms with Crippen molar-refractivity contribution < 1.29 is 69.1 Å². The quantitative estimate of drug-likeness (QED) is 0.125. The third-order valence-electron chi connectivity index (χ3n) is 3.31. The van der Waals surface area contributed by atoms with Crippen molar-refractivity contribution in [2.75, 3.05) is 27.1 Å². The number of amides is 2. The minimum atomic E-state index is -1.18. The molecule has 5 N–H and O–H groups in total. The molecule has 0 heterocycles. The number of carbonyl (C=O) groups excluding carboxylic acids is 3. The number of nitrogens with one attached hydrogen (secondary N) is 2. The van der Waals surface area contributed by atoms with Crippen LogP contribution >= 0.6 is 0 Å². The van der Waals surface area contributed by atoms with Gasteiger partial charge in [0.2, 0.25) is 11.8 Å². The molecular formula is C26H47N2NaO8. The zero-order valence-corrected chi connectivity index (χ0v) is 25.8. The molecule has 1 rings (SSSR count). The summed E-state index contributed by atoms with van der Waals surface area (Å²) in [5.41, 5.74) is 0.977. The largest absolute Gasteiger partial charge is 1.00 e. The number of ether oxygens (including phenoxy) is 1. The molecule has 1 aromatic rings. The van der Waals surface area contributed by atoms with Gasteiger partial charge in [0.25, 0.3) is 0 Å². The predicted molar refractivity (Wildman–Crippen MR) is 141 cm³/mol. The number of benzene rings is 1. The second-order valence-corrected chi connectivity index (χ2v) is 6.85. The van der Waals surface area contributed by atoms with Gasteiger partial charge in [-0.05, 0) is 31.4 Å². The van der Waals surface area contributed by atoms with Crippen molar-refractivity contribution in [1.82, 2.24) is 10.6 Å². The number of hydrogen-bond donors (Lipinski definition) is 5. The Kier molecular flexibility index (Phi) is 44.4. The van der Waals surface area contributed by atoms with Gasteiger partial charge < -0.3 is 40.6 Å². The smallest absolute Gasteiger partial charge is 0.550 e. The van der Waals surface area contributed by atoms with Crippen LogP contribution in [-0.2, 0) is 19.1 Å². The molecule has 2 unspecified atom stereocenters. The first-order valence-electron chi connectivity index (χ1n) is 11.9. The van der Waals surface area contributed by atoms with Crippen molar-refractivity contribution in [3.05, 3.63) is 42.0 Å². The molecule has 210 valence electrons. The van der Waals surface area contributed by atoms with E-state index in [1.807, 2.05) is 44.2 Å². The summed E-state index contributed by atoms with van der Waals surface area (Å²) in [6.45, 7) is 11.1. The summed E-state index contributed by atoms with van der Waals surface area (Å²) in [6.07, 6.45) is 4.00. The van der Waals surface area contributed by atoms with Crippen LogP contribution in [0.2, 0.25) is 0 Å². The number of aliphatic hydroxyl groups is 3. The van der Waals surface area contributed by atoms with Crippen LogP contribution in [0.3, 0.4) is 0 Å². The molecule has 11 heteroatoms. The van der Waals surface area contributed by atoms with Crippen LogP contribution in [0.15, 0.2) is 36.4 Å². The van der Waals surface area contributed by atoms with E-state index in [9.17, 15) is 19.5 Å². The molecule has 2 amide bonds. The minimum absolute atomic E-state index is 0. The summed E-state index contributed by atoms with van der Waals surface area (Å²) in [6, 6.07) is 9.17. The molecule has 0 aliphatic heterocycles. The number of hydrogen-bond acceptors (Lipinski definition) is 8. The van der Waals surface area contributed by atoms with E-state index < -0.39 is 24.9 Å². The summed E-state index contributed by atoms with van der Waals surface area (Å²) in [5.74, 6) is -1.64. The standard InChI is InChI=1S/C12H15NO2.C8H15NO5.C3H8.C2H6.CH4O.Na/c1-10(14)9-13-12(15)8-7-11-5-3-2-4-6-11;1-6(11)9-7(4-14-5-10)2-3-8(12)13;1-3-2;2*1-2;/h2-8,10,14H,9H2,1H3,(H,13,15);7,10H,2-5H2,1H3,(H,9,11)(H,12,13);3H2,1-2H3;1-2H3;2H,1H3;/q;;;;;+1/p-1/b8-7+;;;;;. The average Bonchev–Trinajstić information content (AvgIpc) is 2.86. The first-order chi connectivity index (χ1) is 17.2. The van der Waals surface area contributed by atoms with Crippen LogP contribution in [0.25, 0.3) is 6.08 Å². The molecule has 37 heavy (non-hydrogen) atoms. The van der Waals surface area contributed by atoms with Gasteiger partial charge in [-0.15, -0.1) is 0 Å². The van der Waals surface area contributed by atoms with Gasteiger partial charge >= 0.3 is 29.6 Å². The van der Waals surface area contributed by atoms with Crippen molar-refractivity contribution >= 4 is 23.9 Å². The summed E-state index contributed by atoms with van der Waals surface area (Å²) < 4.78 is 4.66. The van der Waals surface area contributed by atoms with E-state index in [1.54, 1.807) is 13.0 Å². The van der Waals surface area contributed by atoms with Gasteiger partial charge in [0.15, 0.2) is 0 Å². The zero-order valence-electron chi connectivity index (χ0n) is 23.8. The topological polar surface area (TPSA) is 168 Å². The van der Waals surface area contributed by atoms with E-state index in [0.29, 0.717) is 0 Å². The van der Waals surface area contributed by atoms with Crippen LogP contribution in [0.5, 0.6) is 0 Å². The molecule has 0 fully saturated rings. The minimum Gasteiger partial charge on any atom is -0.550 e. The third kappa shape index (κ3) is 41.6. The summed E-state index contributed by atoms with van der Waals surface area (Å²) in [5, 5.41) is 39.5. The van der Waals surface area contributed by atoms with Crippen molar-refractivity contribution in [3.8, 4) is 0 Å². The third-order valence-corrected chi connectivity index (χ3v) is 3.31. The van der Waals surface area contributed by atoms with Gasteiger partial charge in [0, 0.05) is 32.6 Å². The average molecular weight is 539 g/mol. The number of carbonyl (C=O) groups is 3. The van der Waals surface area contributed by atoms with Gasteiger partial charge in [0.05, 0.1) is 18.8 Å². The van der Waals surface area contributed by atoms with Crippen LogP contribution in [0, 0.1) is 0 Å². The van der Waals surface area contributed by atoms with Gasteiger partial charge in [-0.2, -0.15) is 0 Å². The summed E-state index contributed by atoms with van der Waals surface area (Å²) in [7, 11) is 1.00. The predicted octanol–water partition coefficient (Wildman–Crippen LogP) is -1.76. The first-order valence-corrected chi connectivity index (χ1v) is 11.9. The Morgan fingerprint density at radius 2 is 1.62 bits per heavy atom. The Balaban J connectivity index is -0.000000145. The Morgan fingerprint density at radius 3 is 2.03 bits per heavy atom. The molecule has 0 aliphatic rings. The Hall–Kier alpha value is -1.79. The number of carboxylic acids is 1. The molecule has 0 spiro atoms. The van der Waals surface area contributed by atoms with E-state index >= 15 is 0 Å². The molecule has 2 atom stereocenters. The molecule has 0 aliphatic carbocycles. The van der Waals surface area contributed by atoms with Crippen LogP contribution < -0.4 is 45.3 Å². The van der Waals surface area contributed by atoms with Gasteiger partial charge in [0.1, 0.15) is 6.79 Å². The van der Waals surface area contributed by atoms with E-state index in [-0.39, 0.29) is 67.4 Å². The molecule has 0 saturated heterocycles. The van der Waals surface area contributed by atoms with Crippen LogP contribution in [0.4, 0.5) is 0 Å². The second-order valence-electron chi connectivity index (χ2n) is 6.85. The Bertz CT molecular complexity index is 659.